The Morgan fingerprint density at radius 3 is 2.31 bits per heavy atom. The number of carbonyl (C=O) groups excluding carboxylic acids is 1. The molecule has 10 heteroatoms. The maximum Gasteiger partial charge on any atom is 0.412 e. The van der Waals surface area contributed by atoms with Crippen LogP contribution in [0.5, 0.6) is 0 Å². The van der Waals surface area contributed by atoms with E-state index in [1.54, 1.807) is 11.1 Å². The molecule has 0 aliphatic carbocycles. The highest BCUT2D eigenvalue weighted by Gasteiger charge is 2.58. The standard InChI is InChI=1S/C25H44N2O6SSi/c1-22(2,3)32-21(28)27-16(15-29-24(27,7)8)17(33-35(11,12)23(4,5)6)18-19(20-26-13-14-34-20)31-25(9,10)30-18/h13-14,16-19H,15H2,1-12H3/t16-,17+,18-,19+/m1/s1. The minimum atomic E-state index is -2.31. The third-order valence-corrected chi connectivity index (χ3v) is 12.2. The van der Waals surface area contributed by atoms with Crippen LogP contribution in [-0.4, -0.2) is 66.3 Å². The Hall–Kier alpha value is -1.04. The van der Waals surface area contributed by atoms with E-state index in [0.717, 1.165) is 5.01 Å². The van der Waals surface area contributed by atoms with Gasteiger partial charge in [0.05, 0.1) is 18.8 Å². The fraction of sp³-hybridized carbons (Fsp3) is 0.840. The van der Waals surface area contributed by atoms with Crippen molar-refractivity contribution in [2.75, 3.05) is 6.61 Å². The molecule has 0 N–H and O–H groups in total. The lowest BCUT2D eigenvalue weighted by Gasteiger charge is -2.45. The van der Waals surface area contributed by atoms with E-state index in [4.69, 9.17) is 23.4 Å². The molecule has 0 bridgehead atoms. The van der Waals surface area contributed by atoms with E-state index in [-0.39, 0.29) is 5.04 Å². The molecule has 2 aliphatic rings. The number of thiazole rings is 1. The molecule has 4 atom stereocenters. The number of aromatic nitrogens is 1. The average Bonchev–Trinajstić information content (AvgIpc) is 3.34. The van der Waals surface area contributed by atoms with Crippen molar-refractivity contribution in [3.8, 4) is 0 Å². The van der Waals surface area contributed by atoms with Gasteiger partial charge in [0.25, 0.3) is 0 Å². The van der Waals surface area contributed by atoms with Gasteiger partial charge in [0.15, 0.2) is 14.1 Å². The molecule has 1 aromatic rings. The van der Waals surface area contributed by atoms with Crippen molar-refractivity contribution in [1.29, 1.82) is 0 Å². The first-order valence-electron chi connectivity index (χ1n) is 12.3. The number of ether oxygens (including phenoxy) is 4. The van der Waals surface area contributed by atoms with Crippen molar-refractivity contribution in [3.05, 3.63) is 16.6 Å². The van der Waals surface area contributed by atoms with Crippen molar-refractivity contribution in [2.24, 2.45) is 0 Å². The van der Waals surface area contributed by atoms with Gasteiger partial charge in [-0.15, -0.1) is 11.3 Å². The minimum Gasteiger partial charge on any atom is -0.444 e. The van der Waals surface area contributed by atoms with Crippen molar-refractivity contribution in [3.63, 3.8) is 0 Å². The molecular weight excluding hydrogens is 484 g/mol. The quantitative estimate of drug-likeness (QED) is 0.427. The van der Waals surface area contributed by atoms with Crippen molar-refractivity contribution < 1.29 is 28.2 Å². The summed E-state index contributed by atoms with van der Waals surface area (Å²) in [5, 5.41) is 2.70. The molecule has 3 rings (SSSR count). The first-order valence-corrected chi connectivity index (χ1v) is 16.1. The fourth-order valence-corrected chi connectivity index (χ4v) is 6.24. The number of nitrogens with zero attached hydrogens (tertiary/aromatic N) is 2. The summed E-state index contributed by atoms with van der Waals surface area (Å²) in [5.74, 6) is -0.832. The first kappa shape index (κ1) is 28.5. The SMILES string of the molecule is CC(C)(C)OC(=O)N1[C@@H]([C@H](O[Si](C)(C)C(C)(C)C)[C@H]2OC(C)(C)O[C@@H]2c2nccs2)COC1(C)C. The molecular formula is C25H44N2O6SSi. The van der Waals surface area contributed by atoms with Gasteiger partial charge in [-0.1, -0.05) is 20.8 Å². The second kappa shape index (κ2) is 9.36. The van der Waals surface area contributed by atoms with E-state index in [2.05, 4.69) is 38.8 Å². The Bertz CT molecular complexity index is 891. The highest BCUT2D eigenvalue weighted by molar-refractivity contribution is 7.09. The largest absolute Gasteiger partial charge is 0.444 e. The predicted molar refractivity (Wildman–Crippen MR) is 139 cm³/mol. The molecule has 0 spiro atoms. The Kier molecular flexibility index (Phi) is 7.63. The molecule has 1 amide bonds. The number of carbonyl (C=O) groups is 1. The Morgan fingerprint density at radius 2 is 1.80 bits per heavy atom. The van der Waals surface area contributed by atoms with Crippen molar-refractivity contribution >= 4 is 25.7 Å². The minimum absolute atomic E-state index is 0.0529. The van der Waals surface area contributed by atoms with Crippen LogP contribution in [0.4, 0.5) is 4.79 Å². The van der Waals surface area contributed by atoms with Crippen molar-refractivity contribution in [2.45, 2.75) is 129 Å². The molecule has 8 nitrogen and oxygen atoms in total. The molecule has 2 aliphatic heterocycles. The van der Waals surface area contributed by atoms with Gasteiger partial charge in [-0.3, -0.25) is 4.90 Å². The van der Waals surface area contributed by atoms with Crippen LogP contribution in [0.2, 0.25) is 18.1 Å². The van der Waals surface area contributed by atoms with E-state index < -0.39 is 55.9 Å². The summed E-state index contributed by atoms with van der Waals surface area (Å²) in [6.07, 6.45) is -0.0927. The third-order valence-electron chi connectivity index (χ3n) is 6.87. The molecule has 3 heterocycles. The monoisotopic (exact) mass is 528 g/mol. The van der Waals surface area contributed by atoms with Gasteiger partial charge < -0.3 is 23.4 Å². The molecule has 35 heavy (non-hydrogen) atoms. The van der Waals surface area contributed by atoms with E-state index in [1.165, 1.54) is 11.3 Å². The molecule has 0 unspecified atom stereocenters. The summed E-state index contributed by atoms with van der Waals surface area (Å²) in [4.78, 5) is 19.7. The Balaban J connectivity index is 2.08. The summed E-state index contributed by atoms with van der Waals surface area (Å²) in [6, 6.07) is -0.432. The van der Waals surface area contributed by atoms with Crippen LogP contribution in [0.25, 0.3) is 0 Å². The van der Waals surface area contributed by atoms with Crippen LogP contribution < -0.4 is 0 Å². The van der Waals surface area contributed by atoms with Crippen LogP contribution in [0.1, 0.15) is 80.3 Å². The molecule has 2 fully saturated rings. The van der Waals surface area contributed by atoms with Gasteiger partial charge in [0, 0.05) is 11.6 Å². The average molecular weight is 529 g/mol. The zero-order chi connectivity index (χ0) is 26.6. The second-order valence-corrected chi connectivity index (χ2v) is 18.6. The van der Waals surface area contributed by atoms with Gasteiger partial charge in [-0.05, 0) is 66.6 Å². The summed E-state index contributed by atoms with van der Waals surface area (Å²) >= 11 is 1.53. The molecule has 0 radical (unpaired) electrons. The van der Waals surface area contributed by atoms with Crippen LogP contribution in [-0.2, 0) is 23.4 Å². The first-order chi connectivity index (χ1) is 15.7. The topological polar surface area (TPSA) is 79.4 Å². The van der Waals surface area contributed by atoms with Crippen LogP contribution in [0.15, 0.2) is 11.6 Å². The maximum atomic E-state index is 13.5. The lowest BCUT2D eigenvalue weighted by Crippen LogP contribution is -2.60. The Morgan fingerprint density at radius 1 is 1.17 bits per heavy atom. The van der Waals surface area contributed by atoms with E-state index in [9.17, 15) is 4.79 Å². The number of rotatable bonds is 5. The zero-order valence-corrected chi connectivity index (χ0v) is 25.2. The number of hydrogen-bond acceptors (Lipinski definition) is 8. The molecule has 1 aromatic heterocycles. The number of hydrogen-bond donors (Lipinski definition) is 0. The van der Waals surface area contributed by atoms with Gasteiger partial charge in [-0.2, -0.15) is 0 Å². The zero-order valence-electron chi connectivity index (χ0n) is 23.4. The van der Waals surface area contributed by atoms with Crippen LogP contribution in [0, 0.1) is 0 Å². The summed E-state index contributed by atoms with van der Waals surface area (Å²) < 4.78 is 31.9. The second-order valence-electron chi connectivity index (χ2n) is 12.9. The van der Waals surface area contributed by atoms with Crippen LogP contribution in [0.3, 0.4) is 0 Å². The maximum absolute atomic E-state index is 13.5. The lowest BCUT2D eigenvalue weighted by molar-refractivity contribution is -0.158. The molecule has 0 saturated carbocycles. The summed E-state index contributed by atoms with van der Waals surface area (Å²) in [5.41, 5.74) is -1.51. The Labute approximate surface area is 215 Å². The van der Waals surface area contributed by atoms with Crippen molar-refractivity contribution in [1.82, 2.24) is 9.88 Å². The molecule has 0 aromatic carbocycles. The van der Waals surface area contributed by atoms with Gasteiger partial charge in [0.1, 0.15) is 28.5 Å². The van der Waals surface area contributed by atoms with E-state index in [0.29, 0.717) is 6.61 Å². The molecule has 2 saturated heterocycles. The lowest BCUT2D eigenvalue weighted by atomic mass is 10.00. The van der Waals surface area contributed by atoms with Gasteiger partial charge >= 0.3 is 6.09 Å². The third kappa shape index (κ3) is 6.27. The van der Waals surface area contributed by atoms with E-state index in [1.807, 2.05) is 53.8 Å². The summed E-state index contributed by atoms with van der Waals surface area (Å²) in [6.45, 7) is 24.5. The van der Waals surface area contributed by atoms with Gasteiger partial charge in [-0.25, -0.2) is 9.78 Å². The predicted octanol–water partition coefficient (Wildman–Crippen LogP) is 6.10. The highest BCUT2D eigenvalue weighted by Crippen LogP contribution is 2.47. The summed E-state index contributed by atoms with van der Waals surface area (Å²) in [7, 11) is -2.31. The van der Waals surface area contributed by atoms with Gasteiger partial charge in [0.2, 0.25) is 0 Å². The normalized spacial score (nSPS) is 27.8. The fourth-order valence-electron chi connectivity index (χ4n) is 4.22. The number of amides is 1. The van der Waals surface area contributed by atoms with Crippen LogP contribution >= 0.6 is 11.3 Å². The van der Waals surface area contributed by atoms with E-state index >= 15 is 0 Å². The molecule has 200 valence electrons. The highest BCUT2D eigenvalue weighted by atomic mass is 32.1. The smallest absolute Gasteiger partial charge is 0.412 e.